The van der Waals surface area contributed by atoms with Gasteiger partial charge in [-0.25, -0.2) is 0 Å². The van der Waals surface area contributed by atoms with Crippen molar-refractivity contribution in [3.63, 3.8) is 0 Å². The van der Waals surface area contributed by atoms with E-state index >= 15 is 0 Å². The summed E-state index contributed by atoms with van der Waals surface area (Å²) in [7, 11) is 1.91. The highest BCUT2D eigenvalue weighted by atomic mass is 19.4. The lowest BCUT2D eigenvalue weighted by atomic mass is 9.75. The molecule has 1 N–H and O–H groups in total. The quantitative estimate of drug-likeness (QED) is 0.475. The van der Waals surface area contributed by atoms with Gasteiger partial charge in [0.1, 0.15) is 12.2 Å². The second-order valence-corrected chi connectivity index (χ2v) is 10.6. The Labute approximate surface area is 215 Å². The van der Waals surface area contributed by atoms with Crippen molar-refractivity contribution in [2.24, 2.45) is 13.0 Å². The van der Waals surface area contributed by atoms with Crippen molar-refractivity contribution in [1.29, 1.82) is 0 Å². The van der Waals surface area contributed by atoms with E-state index in [9.17, 15) is 13.2 Å². The Bertz CT molecular complexity index is 1220. The van der Waals surface area contributed by atoms with Crippen molar-refractivity contribution in [2.45, 2.75) is 50.9 Å². The first-order valence-corrected chi connectivity index (χ1v) is 12.7. The highest BCUT2D eigenvalue weighted by Crippen LogP contribution is 2.37. The zero-order valence-electron chi connectivity index (χ0n) is 21.3. The van der Waals surface area contributed by atoms with Crippen LogP contribution in [0.4, 0.5) is 18.9 Å². The van der Waals surface area contributed by atoms with Crippen LogP contribution in [0.2, 0.25) is 0 Å². The van der Waals surface area contributed by atoms with Crippen molar-refractivity contribution in [1.82, 2.24) is 24.6 Å². The van der Waals surface area contributed by atoms with E-state index in [-0.39, 0.29) is 17.7 Å². The number of nitrogens with zero attached hydrogens (tertiary/aromatic N) is 5. The van der Waals surface area contributed by atoms with Crippen molar-refractivity contribution < 1.29 is 17.9 Å². The summed E-state index contributed by atoms with van der Waals surface area (Å²) >= 11 is 0. The van der Waals surface area contributed by atoms with Crippen LogP contribution < -0.4 is 5.32 Å². The minimum Gasteiger partial charge on any atom is -0.379 e. The summed E-state index contributed by atoms with van der Waals surface area (Å²) in [6, 6.07) is 9.05. The minimum atomic E-state index is -4.47. The maximum Gasteiger partial charge on any atom is 0.418 e. The number of aromatic nitrogens is 4. The van der Waals surface area contributed by atoms with Gasteiger partial charge in [0.25, 0.3) is 0 Å². The number of anilines is 1. The van der Waals surface area contributed by atoms with E-state index in [0.29, 0.717) is 37.7 Å². The van der Waals surface area contributed by atoms with Crippen molar-refractivity contribution in [2.75, 3.05) is 31.6 Å². The van der Waals surface area contributed by atoms with Gasteiger partial charge in [-0.3, -0.25) is 9.88 Å². The third kappa shape index (κ3) is 5.80. The van der Waals surface area contributed by atoms with Crippen LogP contribution in [0.1, 0.15) is 48.0 Å². The molecule has 0 spiro atoms. The molecule has 4 heterocycles. The van der Waals surface area contributed by atoms with Crippen molar-refractivity contribution in [3.05, 3.63) is 71.1 Å². The molecule has 2 fully saturated rings. The van der Waals surface area contributed by atoms with E-state index in [1.54, 1.807) is 12.5 Å². The molecule has 0 bridgehead atoms. The number of ether oxygens (including phenoxy) is 1. The molecule has 2 aliphatic rings. The van der Waals surface area contributed by atoms with Crippen molar-refractivity contribution in [3.8, 4) is 0 Å². The van der Waals surface area contributed by atoms with Crippen LogP contribution in [-0.4, -0.2) is 51.0 Å². The first-order valence-electron chi connectivity index (χ1n) is 12.7. The topological polar surface area (TPSA) is 68.1 Å². The number of likely N-dealkylation sites (tertiary alicyclic amines) is 1. The number of hydrogen-bond donors (Lipinski definition) is 1. The Morgan fingerprint density at radius 2 is 2.05 bits per heavy atom. The number of hydrogen-bond acceptors (Lipinski definition) is 6. The summed E-state index contributed by atoms with van der Waals surface area (Å²) in [5, 5.41) is 11.3. The van der Waals surface area contributed by atoms with Gasteiger partial charge in [-0.1, -0.05) is 19.1 Å². The van der Waals surface area contributed by atoms with Gasteiger partial charge in [-0.15, -0.1) is 10.2 Å². The highest BCUT2D eigenvalue weighted by molar-refractivity contribution is 5.49. The molecule has 0 radical (unpaired) electrons. The molecule has 37 heavy (non-hydrogen) atoms. The Balaban J connectivity index is 1.31. The number of alkyl halides is 3. The number of benzene rings is 1. The lowest BCUT2D eigenvalue weighted by Gasteiger charge is -2.41. The monoisotopic (exact) mass is 514 g/mol. The van der Waals surface area contributed by atoms with Crippen LogP contribution in [0, 0.1) is 5.92 Å². The fourth-order valence-corrected chi connectivity index (χ4v) is 5.33. The summed E-state index contributed by atoms with van der Waals surface area (Å²) in [5.41, 5.74) is 1.48. The third-order valence-electron chi connectivity index (χ3n) is 7.47. The number of pyridine rings is 1. The highest BCUT2D eigenvalue weighted by Gasteiger charge is 2.42. The van der Waals surface area contributed by atoms with E-state index in [1.165, 1.54) is 12.5 Å². The van der Waals surface area contributed by atoms with Gasteiger partial charge in [0.05, 0.1) is 31.0 Å². The van der Waals surface area contributed by atoms with Gasteiger partial charge < -0.3 is 14.6 Å². The molecule has 1 atom stereocenters. The van der Waals surface area contributed by atoms with Crippen LogP contribution in [0.3, 0.4) is 0 Å². The van der Waals surface area contributed by atoms with Crippen LogP contribution in [0.5, 0.6) is 0 Å². The standard InChI is InChI=1S/C27H33F3N6O/c1-19-5-4-8-36(14-19)15-20-9-23(27(28,29)30)24(32-12-20)13-31-22-7-3-6-21(10-22)26(16-37-17-26)11-25-34-33-18-35(25)2/h3,6-7,9-10,12,18-19,31H,4-5,8,11,13-17H2,1-2H3/t19-/m1/s1. The smallest absolute Gasteiger partial charge is 0.379 e. The molecule has 198 valence electrons. The van der Waals surface area contributed by atoms with Crippen LogP contribution in [0.25, 0.3) is 0 Å². The fraction of sp³-hybridized carbons (Fsp3) is 0.519. The summed E-state index contributed by atoms with van der Waals surface area (Å²) in [6.07, 6.45) is 1.70. The number of piperidine rings is 1. The average Bonchev–Trinajstić information content (AvgIpc) is 3.24. The average molecular weight is 515 g/mol. The summed E-state index contributed by atoms with van der Waals surface area (Å²) in [4.78, 5) is 6.47. The SMILES string of the molecule is C[C@@H]1CCCN(Cc2cnc(CNc3cccc(C4(Cc5nncn5C)COC4)c3)c(C(F)(F)F)c2)C1. The summed E-state index contributed by atoms with van der Waals surface area (Å²) < 4.78 is 49.4. The zero-order valence-corrected chi connectivity index (χ0v) is 21.3. The molecular weight excluding hydrogens is 481 g/mol. The molecule has 3 aromatic rings. The zero-order chi connectivity index (χ0) is 26.0. The summed E-state index contributed by atoms with van der Waals surface area (Å²) in [5.74, 6) is 1.42. The van der Waals surface area contributed by atoms with Crippen molar-refractivity contribution >= 4 is 5.69 Å². The molecule has 1 aromatic carbocycles. The van der Waals surface area contributed by atoms with Crippen LogP contribution >= 0.6 is 0 Å². The van der Waals surface area contributed by atoms with Gasteiger partial charge in [-0.2, -0.15) is 13.2 Å². The molecule has 2 aliphatic heterocycles. The van der Waals surface area contributed by atoms with Gasteiger partial charge >= 0.3 is 6.18 Å². The van der Waals surface area contributed by atoms with Gasteiger partial charge in [0.15, 0.2) is 0 Å². The van der Waals surface area contributed by atoms with Gasteiger partial charge in [0, 0.05) is 43.9 Å². The Hall–Kier alpha value is -2.98. The van der Waals surface area contributed by atoms with E-state index < -0.39 is 11.7 Å². The Morgan fingerprint density at radius 3 is 2.73 bits per heavy atom. The normalized spacial score (nSPS) is 20.0. The van der Waals surface area contributed by atoms with E-state index in [4.69, 9.17) is 4.74 Å². The van der Waals surface area contributed by atoms with E-state index in [0.717, 1.165) is 36.6 Å². The molecular formula is C27H33F3N6O. The molecule has 0 aliphatic carbocycles. The van der Waals surface area contributed by atoms with E-state index in [2.05, 4.69) is 32.3 Å². The van der Waals surface area contributed by atoms with Gasteiger partial charge in [-0.05, 0) is 54.6 Å². The lowest BCUT2D eigenvalue weighted by Crippen LogP contribution is -2.49. The second kappa shape index (κ2) is 10.4. The molecule has 10 heteroatoms. The maximum atomic E-state index is 14.0. The van der Waals surface area contributed by atoms with Crippen LogP contribution in [-0.2, 0) is 42.9 Å². The number of rotatable bonds is 8. The number of halogens is 3. The molecule has 2 aromatic heterocycles. The molecule has 7 nitrogen and oxygen atoms in total. The second-order valence-electron chi connectivity index (χ2n) is 10.6. The summed E-state index contributed by atoms with van der Waals surface area (Å²) in [6.45, 7) is 5.59. The molecule has 0 amide bonds. The lowest BCUT2D eigenvalue weighted by molar-refractivity contribution is -0.138. The molecule has 0 unspecified atom stereocenters. The predicted octanol–water partition coefficient (Wildman–Crippen LogP) is 4.58. The first kappa shape index (κ1) is 25.7. The number of nitrogens with one attached hydrogen (secondary N) is 1. The minimum absolute atomic E-state index is 0.00515. The third-order valence-corrected chi connectivity index (χ3v) is 7.47. The Kier molecular flexibility index (Phi) is 7.22. The predicted molar refractivity (Wildman–Crippen MR) is 134 cm³/mol. The van der Waals surface area contributed by atoms with Crippen LogP contribution in [0.15, 0.2) is 42.9 Å². The maximum absolute atomic E-state index is 14.0. The van der Waals surface area contributed by atoms with E-state index in [1.807, 2.05) is 35.9 Å². The fourth-order valence-electron chi connectivity index (χ4n) is 5.33. The molecule has 2 saturated heterocycles. The molecule has 5 rings (SSSR count). The largest absolute Gasteiger partial charge is 0.418 e. The molecule has 0 saturated carbocycles. The van der Waals surface area contributed by atoms with Gasteiger partial charge in [0.2, 0.25) is 0 Å². The first-order chi connectivity index (χ1) is 17.7. The Morgan fingerprint density at radius 1 is 1.22 bits per heavy atom. The number of aryl methyl sites for hydroxylation is 1.